The average molecular weight is 103 g/mol. The first-order valence-electron chi connectivity index (χ1n) is 1.52. The predicted molar refractivity (Wildman–Crippen MR) is 23.5 cm³/mol. The van der Waals surface area contributed by atoms with Crippen LogP contribution in [0.2, 0.25) is 0 Å². The number of hydrogen-bond acceptors (Lipinski definition) is 2. The van der Waals surface area contributed by atoms with E-state index in [9.17, 15) is 0 Å². The van der Waals surface area contributed by atoms with Gasteiger partial charge < -0.3 is 5.43 Å². The Labute approximate surface area is 41.1 Å². The molecule has 0 bridgehead atoms. The lowest BCUT2D eigenvalue weighted by molar-refractivity contribution is 0.771. The molecule has 0 aromatic carbocycles. The second kappa shape index (κ2) is 1.49. The quantitative estimate of drug-likeness (QED) is 0.428. The van der Waals surface area contributed by atoms with Gasteiger partial charge in [0.15, 0.2) is 0 Å². The van der Waals surface area contributed by atoms with Crippen molar-refractivity contribution >= 4 is 11.6 Å². The highest BCUT2D eigenvalue weighted by atomic mass is 35.5. The minimum Gasteiger partial charge on any atom is -0.311 e. The van der Waals surface area contributed by atoms with E-state index in [1.807, 2.05) is 0 Å². The third-order valence-electron chi connectivity index (χ3n) is 0.453. The third-order valence-corrected chi connectivity index (χ3v) is 0.657. The number of halogens is 1. The zero-order valence-electron chi connectivity index (χ0n) is 2.96. The standard InChI is InChI=1S/C3H3ClN2/c4-3-1-2-5-6-3/h1,5-6H. The average Bonchev–Trinajstić information content (AvgIpc) is 1.86. The van der Waals surface area contributed by atoms with Gasteiger partial charge in [-0.1, -0.05) is 11.6 Å². The molecule has 3 heteroatoms. The molecule has 2 nitrogen and oxygen atoms in total. The first-order chi connectivity index (χ1) is 2.89. The minimum atomic E-state index is 0.579. The minimum absolute atomic E-state index is 0.579. The molecular weight excluding hydrogens is 99.5 g/mol. The normalized spacial score (nSPS) is 19.8. The number of hydrazine groups is 1. The first-order valence-corrected chi connectivity index (χ1v) is 1.89. The summed E-state index contributed by atoms with van der Waals surface area (Å²) in [6, 6.07) is 0. The van der Waals surface area contributed by atoms with Crippen molar-refractivity contribution in [1.29, 1.82) is 0 Å². The second-order valence-corrected chi connectivity index (χ2v) is 1.29. The molecule has 1 aliphatic heterocycles. The summed E-state index contributed by atoms with van der Waals surface area (Å²) in [6.07, 6.45) is 1.61. The molecule has 1 rings (SSSR count). The lowest BCUT2D eigenvalue weighted by Gasteiger charge is -1.88. The largest absolute Gasteiger partial charge is 0.311 e. The monoisotopic (exact) mass is 102 g/mol. The molecule has 32 valence electrons. The Morgan fingerprint density at radius 2 is 2.67 bits per heavy atom. The highest BCUT2D eigenvalue weighted by Gasteiger charge is 1.94. The Hall–Kier alpha value is -0.210. The van der Waals surface area contributed by atoms with Crippen LogP contribution >= 0.6 is 11.6 Å². The molecule has 2 radical (unpaired) electrons. The van der Waals surface area contributed by atoms with Crippen molar-refractivity contribution in [2.45, 2.75) is 0 Å². The molecule has 2 N–H and O–H groups in total. The van der Waals surface area contributed by atoms with Gasteiger partial charge >= 0.3 is 0 Å². The maximum atomic E-state index is 5.34. The van der Waals surface area contributed by atoms with Crippen molar-refractivity contribution in [3.8, 4) is 0 Å². The van der Waals surface area contributed by atoms with E-state index in [2.05, 4.69) is 17.4 Å². The van der Waals surface area contributed by atoms with Crippen LogP contribution in [0.1, 0.15) is 0 Å². The maximum Gasteiger partial charge on any atom is 0.114 e. The Morgan fingerprint density at radius 1 is 1.83 bits per heavy atom. The van der Waals surface area contributed by atoms with Crippen LogP contribution in [0, 0.1) is 6.54 Å². The van der Waals surface area contributed by atoms with Gasteiger partial charge in [-0.2, -0.15) is 0 Å². The molecular formula is C3H3ClN2. The summed E-state index contributed by atoms with van der Waals surface area (Å²) < 4.78 is 0. The zero-order chi connectivity index (χ0) is 4.41. The molecule has 1 aliphatic rings. The van der Waals surface area contributed by atoms with E-state index < -0.39 is 0 Å². The van der Waals surface area contributed by atoms with Gasteiger partial charge in [0.2, 0.25) is 0 Å². The van der Waals surface area contributed by atoms with Crippen LogP contribution in [0.25, 0.3) is 0 Å². The van der Waals surface area contributed by atoms with Crippen LogP contribution in [0.4, 0.5) is 0 Å². The predicted octanol–water partition coefficient (Wildman–Crippen LogP) is 0.213. The molecule has 1 heterocycles. The lowest BCUT2D eigenvalue weighted by atomic mass is 10.7. The fourth-order valence-corrected chi connectivity index (χ4v) is 0.333. The second-order valence-electron chi connectivity index (χ2n) is 0.887. The molecule has 0 fully saturated rings. The topological polar surface area (TPSA) is 24.1 Å². The van der Waals surface area contributed by atoms with Crippen molar-refractivity contribution in [2.24, 2.45) is 0 Å². The van der Waals surface area contributed by atoms with E-state index in [0.717, 1.165) is 0 Å². The van der Waals surface area contributed by atoms with Gasteiger partial charge in [-0.15, -0.1) is 0 Å². The summed E-state index contributed by atoms with van der Waals surface area (Å²) in [4.78, 5) is 0. The van der Waals surface area contributed by atoms with Crippen molar-refractivity contribution in [1.82, 2.24) is 10.9 Å². The van der Waals surface area contributed by atoms with Crippen molar-refractivity contribution < 1.29 is 0 Å². The molecule has 0 atom stereocenters. The van der Waals surface area contributed by atoms with Gasteiger partial charge in [-0.3, -0.25) is 0 Å². The highest BCUT2D eigenvalue weighted by Crippen LogP contribution is 1.98. The van der Waals surface area contributed by atoms with Crippen LogP contribution in [0.3, 0.4) is 0 Å². The van der Waals surface area contributed by atoms with Crippen molar-refractivity contribution in [3.63, 3.8) is 0 Å². The van der Waals surface area contributed by atoms with Gasteiger partial charge in [-0.05, 0) is 6.08 Å². The number of rotatable bonds is 0. The first kappa shape index (κ1) is 3.96. The van der Waals surface area contributed by atoms with Crippen LogP contribution < -0.4 is 10.9 Å². The van der Waals surface area contributed by atoms with E-state index in [1.165, 1.54) is 0 Å². The van der Waals surface area contributed by atoms with Gasteiger partial charge in [0, 0.05) is 0 Å². The van der Waals surface area contributed by atoms with Crippen molar-refractivity contribution in [3.05, 3.63) is 17.8 Å². The summed E-state index contributed by atoms with van der Waals surface area (Å²) in [5.74, 6) is 0. The van der Waals surface area contributed by atoms with E-state index >= 15 is 0 Å². The van der Waals surface area contributed by atoms with E-state index in [4.69, 9.17) is 11.6 Å². The van der Waals surface area contributed by atoms with E-state index in [1.54, 1.807) is 6.08 Å². The van der Waals surface area contributed by atoms with E-state index in [0.29, 0.717) is 5.16 Å². The van der Waals surface area contributed by atoms with Gasteiger partial charge in [-0.25, -0.2) is 5.43 Å². The molecule has 0 amide bonds. The van der Waals surface area contributed by atoms with Crippen LogP contribution in [0.15, 0.2) is 11.2 Å². The third kappa shape index (κ3) is 0.640. The zero-order valence-corrected chi connectivity index (χ0v) is 3.71. The summed E-state index contributed by atoms with van der Waals surface area (Å²) in [7, 11) is 0. The Bertz CT molecular complexity index is 78.9. The molecule has 0 aromatic heterocycles. The maximum absolute atomic E-state index is 5.34. The van der Waals surface area contributed by atoms with Gasteiger partial charge in [0.1, 0.15) is 11.7 Å². The summed E-state index contributed by atoms with van der Waals surface area (Å²) >= 11 is 5.34. The number of nitrogens with one attached hydrogen (secondary N) is 2. The Kier molecular flexibility index (Phi) is 0.986. The Morgan fingerprint density at radius 3 is 2.83 bits per heavy atom. The molecule has 0 saturated heterocycles. The van der Waals surface area contributed by atoms with Crippen LogP contribution in [-0.4, -0.2) is 0 Å². The molecule has 0 saturated carbocycles. The molecule has 0 aromatic rings. The molecule has 0 spiro atoms. The summed E-state index contributed by atoms with van der Waals surface area (Å²) in [5.41, 5.74) is 5.13. The van der Waals surface area contributed by atoms with E-state index in [-0.39, 0.29) is 0 Å². The lowest BCUT2D eigenvalue weighted by Crippen LogP contribution is -2.18. The SMILES string of the molecule is ClC1=C[C]NN1. The van der Waals surface area contributed by atoms with Gasteiger partial charge in [0.05, 0.1) is 0 Å². The molecule has 0 unspecified atom stereocenters. The summed E-state index contributed by atoms with van der Waals surface area (Å²) in [5, 5.41) is 0.579. The fraction of sp³-hybridized carbons (Fsp3) is 0. The van der Waals surface area contributed by atoms with Gasteiger partial charge in [0.25, 0.3) is 0 Å². The van der Waals surface area contributed by atoms with Crippen LogP contribution in [-0.2, 0) is 0 Å². The van der Waals surface area contributed by atoms with Crippen molar-refractivity contribution in [2.75, 3.05) is 0 Å². The Balaban J connectivity index is 2.45. The highest BCUT2D eigenvalue weighted by molar-refractivity contribution is 6.29. The van der Waals surface area contributed by atoms with Crippen LogP contribution in [0.5, 0.6) is 0 Å². The fourth-order valence-electron chi connectivity index (χ4n) is 0.231. The molecule has 0 aliphatic carbocycles. The molecule has 6 heavy (non-hydrogen) atoms. The summed E-state index contributed by atoms with van der Waals surface area (Å²) in [6.45, 7) is 2.62. The smallest absolute Gasteiger partial charge is 0.114 e. The number of hydrogen-bond donors (Lipinski definition) is 2.